The number of rotatable bonds is 4. The Hall–Kier alpha value is -3.73. The van der Waals surface area contributed by atoms with Crippen molar-refractivity contribution in [3.63, 3.8) is 0 Å². The van der Waals surface area contributed by atoms with E-state index in [2.05, 4.69) is 5.22 Å². The quantitative estimate of drug-likeness (QED) is 0.257. The summed E-state index contributed by atoms with van der Waals surface area (Å²) in [6, 6.07) is 3.51. The van der Waals surface area contributed by atoms with Crippen LogP contribution in [0.3, 0.4) is 0 Å². The number of carbonyl (C=O) groups is 3. The van der Waals surface area contributed by atoms with Crippen molar-refractivity contribution in [2.75, 3.05) is 26.1 Å². The average molecular weight is 456 g/mol. The Labute approximate surface area is 188 Å². The van der Waals surface area contributed by atoms with E-state index in [9.17, 15) is 29.7 Å². The van der Waals surface area contributed by atoms with Gasteiger partial charge in [0.2, 0.25) is 5.78 Å². The highest BCUT2D eigenvalue weighted by Gasteiger charge is 2.60. The van der Waals surface area contributed by atoms with E-state index in [0.29, 0.717) is 17.7 Å². The first-order valence-electron chi connectivity index (χ1n) is 10.3. The first-order chi connectivity index (χ1) is 15.6. The number of benzene rings is 1. The fourth-order valence-corrected chi connectivity index (χ4v) is 5.27. The van der Waals surface area contributed by atoms with Crippen molar-refractivity contribution in [2.45, 2.75) is 24.9 Å². The van der Waals surface area contributed by atoms with Crippen LogP contribution in [-0.4, -0.2) is 59.6 Å². The molecule has 33 heavy (non-hydrogen) atoms. The molecule has 1 saturated carbocycles. The maximum atomic E-state index is 13.6. The van der Waals surface area contributed by atoms with Gasteiger partial charge in [0.25, 0.3) is 5.91 Å². The predicted octanol–water partition coefficient (Wildman–Crippen LogP) is 1.37. The number of fused-ring (bicyclic) bond motifs is 3. The van der Waals surface area contributed by atoms with E-state index in [4.69, 9.17) is 10.3 Å². The van der Waals surface area contributed by atoms with Crippen molar-refractivity contribution in [3.05, 3.63) is 40.2 Å². The Kier molecular flexibility index (Phi) is 5.24. The third-order valence-corrected chi connectivity index (χ3v) is 6.75. The van der Waals surface area contributed by atoms with Crippen LogP contribution in [0.25, 0.3) is 5.76 Å². The van der Waals surface area contributed by atoms with Crippen LogP contribution in [0.5, 0.6) is 5.75 Å². The number of nitrogens with one attached hydrogen (secondary N) is 2. The summed E-state index contributed by atoms with van der Waals surface area (Å²) >= 11 is 0. The molecule has 11 nitrogen and oxygen atoms in total. The van der Waals surface area contributed by atoms with Crippen LogP contribution < -0.4 is 15.1 Å². The lowest BCUT2D eigenvalue weighted by Gasteiger charge is -2.46. The Bertz CT molecular complexity index is 1170. The lowest BCUT2D eigenvalue weighted by Crippen LogP contribution is -2.58. The summed E-state index contributed by atoms with van der Waals surface area (Å²) in [5.41, 5.74) is 6.92. The third-order valence-electron chi connectivity index (χ3n) is 6.75. The first-order valence-corrected chi connectivity index (χ1v) is 10.3. The van der Waals surface area contributed by atoms with E-state index in [1.165, 1.54) is 7.11 Å². The van der Waals surface area contributed by atoms with Crippen LogP contribution in [0.15, 0.2) is 34.3 Å². The summed E-state index contributed by atoms with van der Waals surface area (Å²) in [6.07, 6.45) is 0.114. The van der Waals surface area contributed by atoms with Gasteiger partial charge in [0.15, 0.2) is 11.4 Å². The van der Waals surface area contributed by atoms with E-state index < -0.39 is 46.2 Å². The van der Waals surface area contributed by atoms with Gasteiger partial charge in [-0.1, -0.05) is 5.22 Å². The number of aliphatic hydroxyl groups excluding tert-OH is 2. The minimum Gasteiger partial charge on any atom is -0.508 e. The Balaban J connectivity index is 1.92. The van der Waals surface area contributed by atoms with E-state index in [1.54, 1.807) is 11.5 Å². The summed E-state index contributed by atoms with van der Waals surface area (Å²) in [4.78, 5) is 40.2. The molecule has 3 aliphatic rings. The molecule has 1 fully saturated rings. The maximum Gasteiger partial charge on any atom is 0.279 e. The Morgan fingerprint density at radius 2 is 1.97 bits per heavy atom. The first kappa shape index (κ1) is 22.5. The summed E-state index contributed by atoms with van der Waals surface area (Å²) < 4.78 is 5.40. The number of ketones is 2. The van der Waals surface area contributed by atoms with Crippen molar-refractivity contribution in [3.8, 4) is 5.75 Å². The Morgan fingerprint density at radius 3 is 2.58 bits per heavy atom. The minimum atomic E-state index is -2.56. The molecule has 1 aromatic rings. The zero-order valence-electron chi connectivity index (χ0n) is 18.3. The molecule has 0 saturated heterocycles. The summed E-state index contributed by atoms with van der Waals surface area (Å²) in [7, 11) is 5.13. The van der Waals surface area contributed by atoms with E-state index in [-0.39, 0.29) is 24.2 Å². The molecule has 3 atom stereocenters. The average Bonchev–Trinajstić information content (AvgIpc) is 2.75. The molecule has 11 heteroatoms. The molecule has 0 spiro atoms. The molecule has 1 amide bonds. The molecule has 174 valence electrons. The molecular weight excluding hydrogens is 432 g/mol. The number of ether oxygens (including phenoxy) is 1. The lowest BCUT2D eigenvalue weighted by atomic mass is 9.59. The van der Waals surface area contributed by atoms with Gasteiger partial charge in [-0.05, 0) is 36.5 Å². The van der Waals surface area contributed by atoms with Gasteiger partial charge in [0, 0.05) is 37.7 Å². The predicted molar refractivity (Wildman–Crippen MR) is 115 cm³/mol. The SMILES string of the molecule is COc1ccc(N(C)C)c2c1C(O)=C1C(=O)[C@]3(O)C(O)=C(C(=O)NN=N)C(=O)C[C@@H]3C[C@@H]1C2. The molecule has 4 rings (SSSR count). The highest BCUT2D eigenvalue weighted by atomic mass is 16.5. The van der Waals surface area contributed by atoms with Crippen molar-refractivity contribution in [1.82, 2.24) is 5.43 Å². The van der Waals surface area contributed by atoms with Crippen molar-refractivity contribution < 1.29 is 34.4 Å². The molecule has 0 radical (unpaired) electrons. The van der Waals surface area contributed by atoms with E-state index in [0.717, 1.165) is 11.3 Å². The number of carbonyl (C=O) groups excluding carboxylic acids is 3. The lowest BCUT2D eigenvalue weighted by molar-refractivity contribution is -0.147. The summed E-state index contributed by atoms with van der Waals surface area (Å²) in [6.45, 7) is 0. The molecule has 0 bridgehead atoms. The van der Waals surface area contributed by atoms with Crippen LogP contribution in [0, 0.1) is 17.4 Å². The van der Waals surface area contributed by atoms with Gasteiger partial charge in [-0.3, -0.25) is 14.4 Å². The fraction of sp³-hybridized carbons (Fsp3) is 0.409. The Morgan fingerprint density at radius 1 is 1.27 bits per heavy atom. The van der Waals surface area contributed by atoms with Gasteiger partial charge >= 0.3 is 0 Å². The van der Waals surface area contributed by atoms with Gasteiger partial charge < -0.3 is 25.0 Å². The molecule has 0 unspecified atom stereocenters. The number of aliphatic hydroxyl groups is 3. The summed E-state index contributed by atoms with van der Waals surface area (Å²) in [5.74, 6) is -5.54. The molecule has 0 heterocycles. The normalized spacial score (nSPS) is 26.3. The third kappa shape index (κ3) is 3.03. The number of methoxy groups -OCH3 is 1. The molecule has 0 aromatic heterocycles. The number of hydrogen-bond donors (Lipinski definition) is 5. The number of amides is 1. The highest BCUT2D eigenvalue weighted by molar-refractivity contribution is 6.23. The van der Waals surface area contributed by atoms with Crippen LogP contribution >= 0.6 is 0 Å². The van der Waals surface area contributed by atoms with Gasteiger partial charge in [-0.25, -0.2) is 5.43 Å². The molecule has 3 aliphatic carbocycles. The van der Waals surface area contributed by atoms with Crippen LogP contribution in [-0.2, 0) is 20.8 Å². The second-order valence-electron chi connectivity index (χ2n) is 8.63. The minimum absolute atomic E-state index is 0.0821. The number of anilines is 1. The number of nitrogens with zero attached hydrogens (tertiary/aromatic N) is 2. The van der Waals surface area contributed by atoms with Crippen molar-refractivity contribution >= 4 is 28.9 Å². The summed E-state index contributed by atoms with van der Waals surface area (Å²) in [5, 5.41) is 36.0. The van der Waals surface area contributed by atoms with Crippen molar-refractivity contribution in [1.29, 1.82) is 5.53 Å². The fourth-order valence-electron chi connectivity index (χ4n) is 5.27. The smallest absolute Gasteiger partial charge is 0.279 e. The second-order valence-corrected chi connectivity index (χ2v) is 8.63. The topological polar surface area (TPSA) is 173 Å². The largest absolute Gasteiger partial charge is 0.508 e. The molecule has 1 aromatic carbocycles. The van der Waals surface area contributed by atoms with Gasteiger partial charge in [-0.2, -0.15) is 5.53 Å². The van der Waals surface area contributed by atoms with Gasteiger partial charge in [-0.15, -0.1) is 0 Å². The maximum absolute atomic E-state index is 13.6. The van der Waals surface area contributed by atoms with E-state index >= 15 is 0 Å². The van der Waals surface area contributed by atoms with Gasteiger partial charge in [0.1, 0.15) is 22.8 Å². The molecular formula is C22H24N4O7. The van der Waals surface area contributed by atoms with Crippen LogP contribution in [0.2, 0.25) is 0 Å². The van der Waals surface area contributed by atoms with Gasteiger partial charge in [0.05, 0.1) is 12.7 Å². The number of Topliss-reactive ketones (excluding diaryl/α,β-unsaturated/α-hetero) is 2. The van der Waals surface area contributed by atoms with Crippen molar-refractivity contribution in [2.24, 2.45) is 17.1 Å². The number of hydrogen-bond acceptors (Lipinski definition) is 10. The molecule has 5 N–H and O–H groups in total. The zero-order valence-corrected chi connectivity index (χ0v) is 18.3. The highest BCUT2D eigenvalue weighted by Crippen LogP contribution is 2.53. The monoisotopic (exact) mass is 456 g/mol. The van der Waals surface area contributed by atoms with Crippen LogP contribution in [0.4, 0.5) is 5.69 Å². The second kappa shape index (κ2) is 7.69. The van der Waals surface area contributed by atoms with E-state index in [1.807, 2.05) is 25.1 Å². The zero-order chi connectivity index (χ0) is 24.2. The standard InChI is InChI=1S/C22H24N4O7/c1-26(2)12-4-5-14(33-3)16-11(12)7-9-6-10-8-13(27)17(21(31)24-25-23)20(30)22(10,32)19(29)15(9)18(16)28/h4-5,9-10,28,30,32H,6-8H2,1-3H3,(H2,23,24,31)/t9-,10+,22+/m1/s1. The van der Waals surface area contributed by atoms with Crippen LogP contribution in [0.1, 0.15) is 24.0 Å². The molecule has 0 aliphatic heterocycles.